The minimum absolute atomic E-state index is 0.120. The van der Waals surface area contributed by atoms with E-state index in [9.17, 15) is 9.59 Å². The van der Waals surface area contributed by atoms with E-state index in [4.69, 9.17) is 9.84 Å². The van der Waals surface area contributed by atoms with Crippen molar-refractivity contribution >= 4 is 11.9 Å². The van der Waals surface area contributed by atoms with E-state index in [1.54, 1.807) is 12.1 Å². The molecule has 120 valence electrons. The van der Waals surface area contributed by atoms with Gasteiger partial charge in [0.2, 0.25) is 0 Å². The predicted molar refractivity (Wildman–Crippen MR) is 87.1 cm³/mol. The summed E-state index contributed by atoms with van der Waals surface area (Å²) in [5.74, 6) is -0.529. The molecule has 0 saturated heterocycles. The average molecular weight is 313 g/mol. The Morgan fingerprint density at radius 1 is 1.04 bits per heavy atom. The average Bonchev–Trinajstić information content (AvgIpc) is 2.52. The quantitative estimate of drug-likeness (QED) is 0.804. The number of carboxylic acids is 1. The lowest BCUT2D eigenvalue weighted by Crippen LogP contribution is -2.29. The van der Waals surface area contributed by atoms with Crippen LogP contribution >= 0.6 is 0 Å². The second kappa shape index (κ2) is 7.45. The van der Waals surface area contributed by atoms with E-state index in [0.717, 1.165) is 11.1 Å². The van der Waals surface area contributed by atoms with Gasteiger partial charge in [-0.3, -0.25) is 4.79 Å². The molecule has 0 atom stereocenters. The lowest BCUT2D eigenvalue weighted by molar-refractivity contribution is 0.0696. The number of aryl methyl sites for hydroxylation is 2. The van der Waals surface area contributed by atoms with Gasteiger partial charge in [0.25, 0.3) is 5.91 Å². The molecule has 0 heterocycles. The van der Waals surface area contributed by atoms with Crippen LogP contribution in [0.5, 0.6) is 5.75 Å². The zero-order valence-corrected chi connectivity index (χ0v) is 13.1. The van der Waals surface area contributed by atoms with Gasteiger partial charge in [0.15, 0.2) is 0 Å². The number of amides is 1. The van der Waals surface area contributed by atoms with Crippen LogP contribution < -0.4 is 10.1 Å². The molecule has 0 aliphatic carbocycles. The first-order valence-electron chi connectivity index (χ1n) is 7.29. The summed E-state index contributed by atoms with van der Waals surface area (Å²) >= 11 is 0. The topological polar surface area (TPSA) is 75.6 Å². The molecule has 0 aliphatic heterocycles. The van der Waals surface area contributed by atoms with Crippen LogP contribution in [0.2, 0.25) is 0 Å². The summed E-state index contributed by atoms with van der Waals surface area (Å²) in [7, 11) is 0. The van der Waals surface area contributed by atoms with Crippen molar-refractivity contribution in [2.45, 2.75) is 13.8 Å². The molecule has 0 radical (unpaired) electrons. The van der Waals surface area contributed by atoms with Gasteiger partial charge in [0, 0.05) is 5.56 Å². The zero-order chi connectivity index (χ0) is 16.8. The Labute approximate surface area is 134 Å². The molecule has 2 aromatic carbocycles. The number of hydrogen-bond acceptors (Lipinski definition) is 3. The normalized spacial score (nSPS) is 10.2. The highest BCUT2D eigenvalue weighted by molar-refractivity contribution is 5.97. The number of nitrogens with one attached hydrogen (secondary N) is 1. The predicted octanol–water partition coefficient (Wildman–Crippen LogP) is 2.81. The number of ether oxygens (including phenoxy) is 1. The zero-order valence-electron chi connectivity index (χ0n) is 13.1. The highest BCUT2D eigenvalue weighted by Gasteiger charge is 2.11. The monoisotopic (exact) mass is 313 g/mol. The van der Waals surface area contributed by atoms with E-state index in [1.165, 1.54) is 12.1 Å². The first kappa shape index (κ1) is 16.5. The van der Waals surface area contributed by atoms with Crippen LogP contribution in [0.1, 0.15) is 31.8 Å². The molecule has 0 unspecified atom stereocenters. The van der Waals surface area contributed by atoms with Crippen molar-refractivity contribution in [1.82, 2.24) is 5.32 Å². The molecule has 0 aromatic heterocycles. The van der Waals surface area contributed by atoms with Crippen molar-refractivity contribution in [2.75, 3.05) is 13.2 Å². The molecule has 0 spiro atoms. The summed E-state index contributed by atoms with van der Waals surface area (Å²) < 4.78 is 5.48. The van der Waals surface area contributed by atoms with Crippen LogP contribution in [0.3, 0.4) is 0 Å². The molecule has 2 aromatic rings. The van der Waals surface area contributed by atoms with Crippen molar-refractivity contribution in [3.63, 3.8) is 0 Å². The Bertz CT molecular complexity index is 687. The molecule has 0 aliphatic rings. The van der Waals surface area contributed by atoms with E-state index in [1.807, 2.05) is 32.0 Å². The molecule has 5 nitrogen and oxygen atoms in total. The summed E-state index contributed by atoms with van der Waals surface area (Å²) in [6.07, 6.45) is 0. The summed E-state index contributed by atoms with van der Waals surface area (Å²) in [5.41, 5.74) is 2.78. The van der Waals surface area contributed by atoms with Gasteiger partial charge in [0.1, 0.15) is 12.4 Å². The molecular formula is C18H19NO4. The summed E-state index contributed by atoms with van der Waals surface area (Å²) in [6, 6.07) is 11.9. The minimum Gasteiger partial charge on any atom is -0.492 e. The van der Waals surface area contributed by atoms with Crippen molar-refractivity contribution in [3.05, 3.63) is 64.7 Å². The summed E-state index contributed by atoms with van der Waals surface area (Å²) in [6.45, 7) is 4.49. The number of hydrogen-bond donors (Lipinski definition) is 2. The number of carbonyl (C=O) groups excluding carboxylic acids is 1. The SMILES string of the molecule is Cc1cccc(C)c1C(=O)NCCOc1ccc(C(=O)O)cc1. The second-order valence-electron chi connectivity index (χ2n) is 5.20. The molecule has 5 heteroatoms. The first-order valence-corrected chi connectivity index (χ1v) is 7.29. The van der Waals surface area contributed by atoms with E-state index in [-0.39, 0.29) is 11.5 Å². The summed E-state index contributed by atoms with van der Waals surface area (Å²) in [4.78, 5) is 22.9. The first-order chi connectivity index (χ1) is 11.0. The highest BCUT2D eigenvalue weighted by atomic mass is 16.5. The second-order valence-corrected chi connectivity index (χ2v) is 5.20. The van der Waals surface area contributed by atoms with Crippen LogP contribution in [0.15, 0.2) is 42.5 Å². The van der Waals surface area contributed by atoms with E-state index in [0.29, 0.717) is 24.5 Å². The van der Waals surface area contributed by atoms with Crippen LogP contribution in [0.25, 0.3) is 0 Å². The smallest absolute Gasteiger partial charge is 0.335 e. The van der Waals surface area contributed by atoms with Crippen molar-refractivity contribution in [3.8, 4) is 5.75 Å². The minimum atomic E-state index is -0.975. The summed E-state index contributed by atoms with van der Waals surface area (Å²) in [5, 5.41) is 11.6. The standard InChI is InChI=1S/C18H19NO4/c1-12-4-3-5-13(2)16(12)17(20)19-10-11-23-15-8-6-14(7-9-15)18(21)22/h3-9H,10-11H2,1-2H3,(H,19,20)(H,21,22). The number of aromatic carboxylic acids is 1. The van der Waals surface area contributed by atoms with Crippen LogP contribution in [-0.4, -0.2) is 30.1 Å². The van der Waals surface area contributed by atoms with Gasteiger partial charge in [-0.15, -0.1) is 0 Å². The van der Waals surface area contributed by atoms with Gasteiger partial charge >= 0.3 is 5.97 Å². The van der Waals surface area contributed by atoms with Gasteiger partial charge in [-0.05, 0) is 49.2 Å². The molecule has 2 N–H and O–H groups in total. The van der Waals surface area contributed by atoms with Crippen molar-refractivity contribution in [1.29, 1.82) is 0 Å². The third kappa shape index (κ3) is 4.32. The number of carboxylic acid groups (broad SMARTS) is 1. The number of benzene rings is 2. The lowest BCUT2D eigenvalue weighted by atomic mass is 10.0. The molecule has 0 saturated carbocycles. The Morgan fingerprint density at radius 3 is 2.22 bits per heavy atom. The Morgan fingerprint density at radius 2 is 1.65 bits per heavy atom. The Kier molecular flexibility index (Phi) is 5.36. The lowest BCUT2D eigenvalue weighted by Gasteiger charge is -2.11. The van der Waals surface area contributed by atoms with E-state index in [2.05, 4.69) is 5.32 Å². The molecule has 0 fully saturated rings. The fraction of sp³-hybridized carbons (Fsp3) is 0.222. The fourth-order valence-electron chi connectivity index (χ4n) is 2.29. The number of rotatable bonds is 6. The van der Waals surface area contributed by atoms with Crippen LogP contribution in [0.4, 0.5) is 0 Å². The molecule has 0 bridgehead atoms. The molecule has 1 amide bonds. The maximum Gasteiger partial charge on any atom is 0.335 e. The van der Waals surface area contributed by atoms with E-state index >= 15 is 0 Å². The van der Waals surface area contributed by atoms with Crippen molar-refractivity contribution < 1.29 is 19.4 Å². The largest absolute Gasteiger partial charge is 0.492 e. The Hall–Kier alpha value is -2.82. The third-order valence-electron chi connectivity index (χ3n) is 3.47. The van der Waals surface area contributed by atoms with Crippen LogP contribution in [0, 0.1) is 13.8 Å². The van der Waals surface area contributed by atoms with E-state index < -0.39 is 5.97 Å². The van der Waals surface area contributed by atoms with Gasteiger partial charge in [-0.2, -0.15) is 0 Å². The van der Waals surface area contributed by atoms with Crippen LogP contribution in [-0.2, 0) is 0 Å². The highest BCUT2D eigenvalue weighted by Crippen LogP contribution is 2.13. The maximum absolute atomic E-state index is 12.2. The Balaban J connectivity index is 1.83. The van der Waals surface area contributed by atoms with Crippen molar-refractivity contribution in [2.24, 2.45) is 0 Å². The molecule has 23 heavy (non-hydrogen) atoms. The maximum atomic E-state index is 12.2. The fourth-order valence-corrected chi connectivity index (χ4v) is 2.29. The van der Waals surface area contributed by atoms with Gasteiger partial charge in [0.05, 0.1) is 12.1 Å². The van der Waals surface area contributed by atoms with Gasteiger partial charge < -0.3 is 15.2 Å². The molecular weight excluding hydrogens is 294 g/mol. The third-order valence-corrected chi connectivity index (χ3v) is 3.47. The van der Waals surface area contributed by atoms with Gasteiger partial charge in [-0.1, -0.05) is 18.2 Å². The molecule has 2 rings (SSSR count). The number of carbonyl (C=O) groups is 2. The van der Waals surface area contributed by atoms with Gasteiger partial charge in [-0.25, -0.2) is 4.79 Å².